The summed E-state index contributed by atoms with van der Waals surface area (Å²) in [5, 5.41) is 1.26. The summed E-state index contributed by atoms with van der Waals surface area (Å²) < 4.78 is 0. The lowest BCUT2D eigenvalue weighted by atomic mass is 11.3. The van der Waals surface area contributed by atoms with E-state index in [1.807, 2.05) is 41.2 Å². The Kier molecular flexibility index (Phi) is 8.30. The maximum atomic E-state index is 3.00. The van der Waals surface area contributed by atoms with Crippen LogP contribution in [-0.2, 0) is 0 Å². The van der Waals surface area contributed by atoms with Gasteiger partial charge in [-0.3, -0.25) is 0 Å². The van der Waals surface area contributed by atoms with Gasteiger partial charge < -0.3 is 0 Å². The molecule has 0 bridgehead atoms. The molecule has 0 atom stereocenters. The molecule has 0 aromatic rings. The highest BCUT2D eigenvalue weighted by molar-refractivity contribution is 9.30. The van der Waals surface area contributed by atoms with Crippen LogP contribution in [0.3, 0.4) is 0 Å². The Balaban J connectivity index is 0.000000162. The van der Waals surface area contributed by atoms with E-state index in [1.165, 1.54) is 5.08 Å². The molecule has 0 amide bonds. The van der Waals surface area contributed by atoms with Gasteiger partial charge in [0.2, 0.25) is 0 Å². The van der Waals surface area contributed by atoms with Crippen molar-refractivity contribution in [1.29, 1.82) is 0 Å². The topological polar surface area (TPSA) is 0 Å². The molecule has 7 heavy (non-hydrogen) atoms. The Morgan fingerprint density at radius 1 is 1.00 bits per heavy atom. The highest BCUT2D eigenvalue weighted by Crippen LogP contribution is 2.53. The normalized spacial score (nSPS) is 17.7. The molecule has 0 unspecified atom stereocenters. The lowest BCUT2D eigenvalue weighted by Crippen LogP contribution is -1.38. The van der Waals surface area contributed by atoms with E-state index in [2.05, 4.69) is 13.2 Å². The highest BCUT2D eigenvalue weighted by Gasteiger charge is 1.98. The summed E-state index contributed by atoms with van der Waals surface area (Å²) in [6, 6.07) is 0. The van der Waals surface area contributed by atoms with Crippen LogP contribution in [0, 0.1) is 0 Å². The van der Waals surface area contributed by atoms with Gasteiger partial charge in [0.15, 0.2) is 0 Å². The molecule has 1 fully saturated rings. The predicted octanol–water partition coefficient (Wildman–Crippen LogP) is 3.44. The minimum atomic E-state index is 1.26. The van der Waals surface area contributed by atoms with Crippen LogP contribution in [0.5, 0.6) is 0 Å². The second-order valence-corrected chi connectivity index (χ2v) is 6.86. The van der Waals surface area contributed by atoms with E-state index in [0.717, 1.165) is 0 Å². The fourth-order valence-electron chi connectivity index (χ4n) is 0.0982. The minimum absolute atomic E-state index is 1.26. The van der Waals surface area contributed by atoms with Crippen LogP contribution in [-0.4, -0.2) is 5.08 Å². The van der Waals surface area contributed by atoms with Crippen LogP contribution in [0.4, 0.5) is 0 Å². The van der Waals surface area contributed by atoms with Gasteiger partial charge in [-0.1, -0.05) is 21.6 Å². The average Bonchev–Trinajstić information content (AvgIpc) is 2.23. The highest BCUT2D eigenvalue weighted by atomic mass is 33.7. The van der Waals surface area contributed by atoms with Gasteiger partial charge >= 0.3 is 0 Å². The quantitative estimate of drug-likeness (QED) is 0.403. The van der Waals surface area contributed by atoms with Crippen LogP contribution in [0.15, 0.2) is 13.2 Å². The number of hydrogen-bond donors (Lipinski definition) is 0. The van der Waals surface area contributed by atoms with Gasteiger partial charge in [-0.15, -0.1) is 13.2 Å². The predicted molar refractivity (Wildman–Crippen MR) is 46.5 cm³/mol. The van der Waals surface area contributed by atoms with Gasteiger partial charge in [-0.25, -0.2) is 0 Å². The smallest absolute Gasteiger partial charge is 0.0616 e. The van der Waals surface area contributed by atoms with Gasteiger partial charge in [0.05, 0.1) is 5.08 Å². The zero-order chi connectivity index (χ0) is 5.54. The first-order valence-electron chi connectivity index (χ1n) is 1.58. The van der Waals surface area contributed by atoms with Crippen LogP contribution in [0.1, 0.15) is 0 Å². The molecule has 0 aliphatic carbocycles. The van der Waals surface area contributed by atoms with Crippen molar-refractivity contribution >= 4 is 41.2 Å². The number of rotatable bonds is 0. The zero-order valence-corrected chi connectivity index (χ0v) is 7.02. The van der Waals surface area contributed by atoms with E-state index in [1.54, 1.807) is 0 Å². The molecular formula is C3H6S4. The molecule has 4 heteroatoms. The maximum absolute atomic E-state index is 3.00. The van der Waals surface area contributed by atoms with Crippen LogP contribution in [0.25, 0.3) is 0 Å². The van der Waals surface area contributed by atoms with E-state index in [4.69, 9.17) is 0 Å². The minimum Gasteiger partial charge on any atom is -0.106 e. The summed E-state index contributed by atoms with van der Waals surface area (Å²) in [4.78, 5) is 0. The first-order chi connectivity index (χ1) is 3.50. The van der Waals surface area contributed by atoms with E-state index < -0.39 is 0 Å². The van der Waals surface area contributed by atoms with Gasteiger partial charge in [0.1, 0.15) is 0 Å². The summed E-state index contributed by atoms with van der Waals surface area (Å²) in [6.45, 7) is 6.00. The molecule has 0 nitrogen and oxygen atoms in total. The van der Waals surface area contributed by atoms with Crippen LogP contribution < -0.4 is 0 Å². The molecule has 1 aliphatic rings. The Morgan fingerprint density at radius 2 is 1.43 bits per heavy atom. The second-order valence-electron chi connectivity index (χ2n) is 0.490. The third kappa shape index (κ3) is 5.00. The molecule has 0 aromatic heterocycles. The van der Waals surface area contributed by atoms with Crippen molar-refractivity contribution in [2.24, 2.45) is 0 Å². The van der Waals surface area contributed by atoms with Gasteiger partial charge in [0.25, 0.3) is 0 Å². The fraction of sp³-hybridized carbons (Fsp3) is 0.333. The summed E-state index contributed by atoms with van der Waals surface area (Å²) in [5.74, 6) is 0. The van der Waals surface area contributed by atoms with E-state index in [0.29, 0.717) is 0 Å². The lowest BCUT2D eigenvalue weighted by molar-refractivity contribution is 2.36. The van der Waals surface area contributed by atoms with Crippen LogP contribution >= 0.6 is 41.2 Å². The molecule has 1 aliphatic heterocycles. The molecule has 42 valence electrons. The van der Waals surface area contributed by atoms with Crippen molar-refractivity contribution in [3.05, 3.63) is 13.2 Å². The fourth-order valence-corrected chi connectivity index (χ4v) is 7.95. The first-order valence-corrected chi connectivity index (χ1v) is 6.73. The molecule has 1 heterocycles. The Labute approximate surface area is 59.5 Å². The van der Waals surface area contributed by atoms with E-state index >= 15 is 0 Å². The van der Waals surface area contributed by atoms with E-state index in [9.17, 15) is 0 Å². The molecule has 0 radical (unpaired) electrons. The monoisotopic (exact) mass is 170 g/mol. The lowest BCUT2D eigenvalue weighted by Gasteiger charge is -1.65. The van der Waals surface area contributed by atoms with Crippen molar-refractivity contribution in [2.45, 2.75) is 0 Å². The molecule has 0 N–H and O–H groups in total. The summed E-state index contributed by atoms with van der Waals surface area (Å²) in [7, 11) is 7.57. The Morgan fingerprint density at radius 3 is 1.57 bits per heavy atom. The van der Waals surface area contributed by atoms with Crippen LogP contribution in [0.2, 0.25) is 0 Å². The van der Waals surface area contributed by atoms with Crippen molar-refractivity contribution in [3.63, 3.8) is 0 Å². The number of hydrogen-bond acceptors (Lipinski definition) is 4. The SMILES string of the molecule is C1SSSS1.C=C. The zero-order valence-electron chi connectivity index (χ0n) is 3.75. The molecule has 0 saturated carbocycles. The van der Waals surface area contributed by atoms with Gasteiger partial charge in [-0.2, -0.15) is 0 Å². The third-order valence-corrected chi connectivity index (χ3v) is 7.45. The largest absolute Gasteiger partial charge is 0.106 e. The Hall–Kier alpha value is 1.14. The average molecular weight is 170 g/mol. The van der Waals surface area contributed by atoms with E-state index in [-0.39, 0.29) is 0 Å². The molecule has 0 spiro atoms. The van der Waals surface area contributed by atoms with Gasteiger partial charge in [0, 0.05) is 0 Å². The molecule has 1 rings (SSSR count). The second kappa shape index (κ2) is 7.14. The summed E-state index contributed by atoms with van der Waals surface area (Å²) >= 11 is 0. The van der Waals surface area contributed by atoms with Crippen molar-refractivity contribution in [3.8, 4) is 0 Å². The standard InChI is InChI=1S/C2H4.CH2S4/c1-2;1-2-4-5-3-1/h1-2H2;1H2. The van der Waals surface area contributed by atoms with Crippen molar-refractivity contribution in [2.75, 3.05) is 5.08 Å². The van der Waals surface area contributed by atoms with Crippen molar-refractivity contribution < 1.29 is 0 Å². The maximum Gasteiger partial charge on any atom is 0.0616 e. The molecule has 1 saturated heterocycles. The van der Waals surface area contributed by atoms with Gasteiger partial charge in [-0.05, 0) is 19.7 Å². The van der Waals surface area contributed by atoms with Crippen molar-refractivity contribution in [1.82, 2.24) is 0 Å². The Bertz CT molecular complexity index is 26.3. The summed E-state index contributed by atoms with van der Waals surface area (Å²) in [6.07, 6.45) is 0. The third-order valence-electron chi connectivity index (χ3n) is 0.220. The molecule has 0 aromatic carbocycles. The molecular weight excluding hydrogens is 164 g/mol. The summed E-state index contributed by atoms with van der Waals surface area (Å²) in [5.41, 5.74) is 0. The first kappa shape index (κ1) is 8.14.